The van der Waals surface area contributed by atoms with Crippen LogP contribution in [0.5, 0.6) is 0 Å². The van der Waals surface area contributed by atoms with E-state index >= 15 is 0 Å². The van der Waals surface area contributed by atoms with E-state index in [2.05, 4.69) is 11.3 Å². The average molecular weight is 582 g/mol. The van der Waals surface area contributed by atoms with Crippen molar-refractivity contribution < 1.29 is 92.9 Å². The van der Waals surface area contributed by atoms with Gasteiger partial charge in [-0.1, -0.05) is 6.58 Å². The van der Waals surface area contributed by atoms with Crippen molar-refractivity contribution in [3.8, 4) is 0 Å². The number of ether oxygens (including phenoxy) is 1. The molecule has 0 N–H and O–H groups in total. The summed E-state index contributed by atoms with van der Waals surface area (Å²) in [7, 11) is 0. The zero-order valence-corrected chi connectivity index (χ0v) is 16.4. The lowest BCUT2D eigenvalue weighted by molar-refractivity contribution is -0.468. The number of rotatable bonds is 12. The van der Waals surface area contributed by atoms with E-state index in [1.54, 1.807) is 0 Å². The van der Waals surface area contributed by atoms with Gasteiger partial charge in [0.05, 0.1) is 6.61 Å². The lowest BCUT2D eigenvalue weighted by Crippen LogP contribution is -2.75. The third kappa shape index (κ3) is 4.76. The maximum Gasteiger partial charge on any atom is 0.460 e. The van der Waals surface area contributed by atoms with Gasteiger partial charge in [-0.2, -0.15) is 83.4 Å². The van der Waals surface area contributed by atoms with Crippen LogP contribution in [0.25, 0.3) is 0 Å². The van der Waals surface area contributed by atoms with Crippen molar-refractivity contribution >= 4 is 5.97 Å². The van der Waals surface area contributed by atoms with Gasteiger partial charge in [0.2, 0.25) is 0 Å². The predicted octanol–water partition coefficient (Wildman–Crippen LogP) is 7.14. The molecule has 0 radical (unpaired) electrons. The van der Waals surface area contributed by atoms with Crippen molar-refractivity contribution in [2.45, 2.75) is 66.4 Å². The third-order valence-electron chi connectivity index (χ3n) is 4.23. The number of halogens is 19. The molecule has 0 spiro atoms. The number of alkyl halides is 19. The van der Waals surface area contributed by atoms with Gasteiger partial charge in [-0.15, -0.1) is 0 Å². The Morgan fingerprint density at radius 2 is 0.861 bits per heavy atom. The van der Waals surface area contributed by atoms with Crippen LogP contribution in [0.15, 0.2) is 12.7 Å². The molecule has 21 heteroatoms. The third-order valence-corrected chi connectivity index (χ3v) is 4.23. The van der Waals surface area contributed by atoms with Gasteiger partial charge in [0, 0.05) is 12.5 Å². The molecule has 0 atom stereocenters. The summed E-state index contributed by atoms with van der Waals surface area (Å²) in [5.74, 6) is -68.1. The molecule has 0 saturated carbocycles. The summed E-state index contributed by atoms with van der Waals surface area (Å²) in [5, 5.41) is 0. The Hall–Kier alpha value is -2.12. The van der Waals surface area contributed by atoms with E-state index in [0.29, 0.717) is 6.08 Å². The first-order chi connectivity index (χ1) is 15.5. The van der Waals surface area contributed by atoms with E-state index in [4.69, 9.17) is 0 Å². The molecule has 0 fully saturated rings. The van der Waals surface area contributed by atoms with E-state index in [0.717, 1.165) is 0 Å². The standard InChI is InChI=1S/C15H9F19O2/c1-2-6(35)36-5-3-4-7(16,17)8(18,19)9(20,21)10(22,23)11(24,25)12(26,27)13(28,29)14(30,31)15(32,33)34/h2H,1,3-5H2. The van der Waals surface area contributed by atoms with E-state index < -0.39 is 79.0 Å². The monoisotopic (exact) mass is 582 g/mol. The van der Waals surface area contributed by atoms with E-state index in [1.165, 1.54) is 0 Å². The van der Waals surface area contributed by atoms with Gasteiger partial charge in [-0.25, -0.2) is 4.79 Å². The second-order valence-electron chi connectivity index (χ2n) is 6.70. The van der Waals surface area contributed by atoms with Crippen molar-refractivity contribution in [2.75, 3.05) is 6.61 Å². The van der Waals surface area contributed by atoms with Crippen molar-refractivity contribution in [3.63, 3.8) is 0 Å². The Balaban J connectivity index is 6.49. The summed E-state index contributed by atoms with van der Waals surface area (Å²) in [6.07, 6.45) is -12.0. The molecule has 0 aromatic heterocycles. The second-order valence-corrected chi connectivity index (χ2v) is 6.70. The first kappa shape index (κ1) is 33.9. The minimum absolute atomic E-state index is 0.349. The van der Waals surface area contributed by atoms with Gasteiger partial charge in [0.25, 0.3) is 0 Å². The molecule has 0 saturated heterocycles. The highest BCUT2D eigenvalue weighted by Gasteiger charge is 2.96. The first-order valence-corrected chi connectivity index (χ1v) is 8.34. The molecular formula is C15H9F19O2. The second kappa shape index (κ2) is 9.32. The molecule has 36 heavy (non-hydrogen) atoms. The summed E-state index contributed by atoms with van der Waals surface area (Å²) in [5.41, 5.74) is 0. The van der Waals surface area contributed by atoms with Gasteiger partial charge >= 0.3 is 59.5 Å². The smallest absolute Gasteiger partial charge is 0.460 e. The predicted molar refractivity (Wildman–Crippen MR) is 76.0 cm³/mol. The van der Waals surface area contributed by atoms with Crippen molar-refractivity contribution in [1.82, 2.24) is 0 Å². The van der Waals surface area contributed by atoms with Crippen LogP contribution in [0, 0.1) is 0 Å². The molecule has 214 valence electrons. The Kier molecular flexibility index (Phi) is 8.77. The van der Waals surface area contributed by atoms with Crippen molar-refractivity contribution in [1.29, 1.82) is 0 Å². The lowest BCUT2D eigenvalue weighted by atomic mass is 9.86. The van der Waals surface area contributed by atoms with Gasteiger partial charge in [-0.3, -0.25) is 0 Å². The van der Waals surface area contributed by atoms with Crippen molar-refractivity contribution in [2.24, 2.45) is 0 Å². The molecule has 2 nitrogen and oxygen atoms in total. The number of hydrogen-bond acceptors (Lipinski definition) is 2. The number of carbonyl (C=O) groups excluding carboxylic acids is 1. The van der Waals surface area contributed by atoms with Crippen LogP contribution in [0.4, 0.5) is 83.4 Å². The van der Waals surface area contributed by atoms with Crippen LogP contribution in [-0.4, -0.2) is 66.1 Å². The summed E-state index contributed by atoms with van der Waals surface area (Å²) in [6.45, 7) is 1.40. The van der Waals surface area contributed by atoms with E-state index in [-0.39, 0.29) is 0 Å². The summed E-state index contributed by atoms with van der Waals surface area (Å²) in [4.78, 5) is 10.6. The van der Waals surface area contributed by atoms with Crippen LogP contribution < -0.4 is 0 Å². The fourth-order valence-electron chi connectivity index (χ4n) is 2.08. The van der Waals surface area contributed by atoms with Crippen LogP contribution in [0.1, 0.15) is 12.8 Å². The highest BCUT2D eigenvalue weighted by molar-refractivity contribution is 5.81. The highest BCUT2D eigenvalue weighted by atomic mass is 19.4. The summed E-state index contributed by atoms with van der Waals surface area (Å²) >= 11 is 0. The number of carbonyl (C=O) groups is 1. The Morgan fingerprint density at radius 3 is 1.17 bits per heavy atom. The molecule has 0 aliphatic rings. The zero-order valence-electron chi connectivity index (χ0n) is 16.4. The maximum atomic E-state index is 13.6. The van der Waals surface area contributed by atoms with Crippen LogP contribution >= 0.6 is 0 Å². The van der Waals surface area contributed by atoms with Gasteiger partial charge in [0.1, 0.15) is 0 Å². The van der Waals surface area contributed by atoms with E-state index in [9.17, 15) is 88.2 Å². The van der Waals surface area contributed by atoms with Crippen molar-refractivity contribution in [3.05, 3.63) is 12.7 Å². The minimum atomic E-state index is -8.94. The summed E-state index contributed by atoms with van der Waals surface area (Å²) in [6, 6.07) is 0. The summed E-state index contributed by atoms with van der Waals surface area (Å²) < 4.78 is 253. The Bertz CT molecular complexity index is 810. The number of hydrogen-bond donors (Lipinski definition) is 0. The molecular weight excluding hydrogens is 573 g/mol. The molecule has 0 aromatic rings. The van der Waals surface area contributed by atoms with E-state index in [1.807, 2.05) is 0 Å². The molecule has 0 amide bonds. The first-order valence-electron chi connectivity index (χ1n) is 8.34. The molecule has 0 heterocycles. The van der Waals surface area contributed by atoms with Crippen LogP contribution in [0.3, 0.4) is 0 Å². The molecule has 0 aromatic carbocycles. The maximum absolute atomic E-state index is 13.6. The Labute approximate surface area is 186 Å². The minimum Gasteiger partial charge on any atom is -0.463 e. The zero-order chi connectivity index (χ0) is 29.6. The average Bonchev–Trinajstić information content (AvgIpc) is 2.68. The normalized spacial score (nSPS) is 15.6. The SMILES string of the molecule is C=CC(=O)OCCCC(F)(F)C(F)(F)C(F)(F)C(F)(F)C(F)(F)C(F)(F)C(F)(F)C(F)(F)C(F)(F)F. The molecule has 0 bridgehead atoms. The topological polar surface area (TPSA) is 26.3 Å². The fourth-order valence-corrected chi connectivity index (χ4v) is 2.08. The molecule has 0 aliphatic carbocycles. The van der Waals surface area contributed by atoms with Crippen LogP contribution in [0.2, 0.25) is 0 Å². The quantitative estimate of drug-likeness (QED) is 0.106. The fraction of sp³-hybridized carbons (Fsp3) is 0.800. The number of esters is 1. The molecule has 0 unspecified atom stereocenters. The van der Waals surface area contributed by atoms with Gasteiger partial charge in [0.15, 0.2) is 0 Å². The molecule has 0 rings (SSSR count). The van der Waals surface area contributed by atoms with Crippen LogP contribution in [-0.2, 0) is 9.53 Å². The lowest BCUT2D eigenvalue weighted by Gasteiger charge is -2.43. The highest BCUT2D eigenvalue weighted by Crippen LogP contribution is 2.65. The molecule has 0 aliphatic heterocycles. The van der Waals surface area contributed by atoms with Gasteiger partial charge < -0.3 is 4.74 Å². The largest absolute Gasteiger partial charge is 0.463 e. The Morgan fingerprint density at radius 1 is 0.556 bits per heavy atom. The van der Waals surface area contributed by atoms with Gasteiger partial charge in [-0.05, 0) is 6.42 Å².